The van der Waals surface area contributed by atoms with Crippen LogP contribution in [0.2, 0.25) is 0 Å². The molecule has 0 saturated carbocycles. The van der Waals surface area contributed by atoms with Crippen LogP contribution in [0.1, 0.15) is 101 Å². The lowest BCUT2D eigenvalue weighted by molar-refractivity contribution is -0.317. The third kappa shape index (κ3) is 10.0. The van der Waals surface area contributed by atoms with E-state index in [1.54, 1.807) is 33.3 Å². The molecule has 3 N–H and O–H groups in total. The highest BCUT2D eigenvalue weighted by atomic mass is 16.7. The maximum Gasteiger partial charge on any atom is 0.316 e. The number of rotatable bonds is 10. The van der Waals surface area contributed by atoms with Gasteiger partial charge in [-0.3, -0.25) is 9.59 Å². The second-order valence-electron chi connectivity index (χ2n) is 19.9. The fraction of sp³-hybridized carbons (Fsp3) is 0.760. The van der Waals surface area contributed by atoms with E-state index in [2.05, 4.69) is 45.2 Å². The van der Waals surface area contributed by atoms with Crippen LogP contribution in [0.25, 0.3) is 0 Å². The highest BCUT2D eigenvalue weighted by Crippen LogP contribution is 2.47. The fourth-order valence-electron chi connectivity index (χ4n) is 11.1. The molecule has 0 aromatic carbocycles. The number of allylic oxidation sites excluding steroid dienone is 2. The minimum absolute atomic E-state index is 0.0261. The fourth-order valence-corrected chi connectivity index (χ4v) is 11.1. The van der Waals surface area contributed by atoms with Gasteiger partial charge < -0.3 is 62.9 Å². The number of esters is 1. The Morgan fingerprint density at radius 3 is 2.43 bits per heavy atom. The van der Waals surface area contributed by atoms with Gasteiger partial charge in [0.15, 0.2) is 18.4 Å². The van der Waals surface area contributed by atoms with Gasteiger partial charge in [0.05, 0.1) is 54.9 Å². The van der Waals surface area contributed by atoms with Crippen molar-refractivity contribution in [2.75, 3.05) is 20.8 Å². The molecule has 0 aromatic heterocycles. The maximum atomic E-state index is 14.4. The van der Waals surface area contributed by atoms with Crippen molar-refractivity contribution in [3.05, 3.63) is 59.3 Å². The molecule has 4 fully saturated rings. The SMILES string of the molecule is CCC(C)[C@H]1O[C@]2(C=C[C@@H]1C)C[C@@H]1C[C@@H](CC=C(C)[C@@H](OC3C[C@H](OC)[C@@H](OC4C[C@H](OC)[C@@](C)(NC=O)[C@H](C)O4)[C@H](C)O3)C(C)C=CC=C3CO[C@@H]4[C@H](O)C(C)=C[C@@H](C(=O)O1)[C@]34O)O2. The smallest absolute Gasteiger partial charge is 0.316 e. The van der Waals surface area contributed by atoms with Crippen LogP contribution in [0, 0.1) is 23.7 Å². The van der Waals surface area contributed by atoms with Gasteiger partial charge in [-0.05, 0) is 69.8 Å². The zero-order valence-corrected chi connectivity index (χ0v) is 40.2. The first-order valence-electron chi connectivity index (χ1n) is 23.8. The molecule has 2 bridgehead atoms. The van der Waals surface area contributed by atoms with Crippen molar-refractivity contribution in [1.82, 2.24) is 5.32 Å². The number of carbonyl (C=O) groups excluding carboxylic acids is 2. The molecular formula is C50H75NO14. The van der Waals surface area contributed by atoms with Gasteiger partial charge >= 0.3 is 5.97 Å². The van der Waals surface area contributed by atoms with Gasteiger partial charge in [-0.1, -0.05) is 70.6 Å². The van der Waals surface area contributed by atoms with Gasteiger partial charge in [-0.25, -0.2) is 0 Å². The Hall–Kier alpha value is -2.80. The van der Waals surface area contributed by atoms with Gasteiger partial charge in [-0.15, -0.1) is 0 Å². The van der Waals surface area contributed by atoms with E-state index in [1.807, 2.05) is 45.9 Å². The Bertz CT molecular complexity index is 1850. The van der Waals surface area contributed by atoms with E-state index >= 15 is 0 Å². The van der Waals surface area contributed by atoms with Crippen LogP contribution in [-0.4, -0.2) is 140 Å². The number of ether oxygens (including phenoxy) is 10. The van der Waals surface area contributed by atoms with E-state index in [1.165, 1.54) is 0 Å². The average molecular weight is 914 g/mol. The molecule has 65 heavy (non-hydrogen) atoms. The second-order valence-corrected chi connectivity index (χ2v) is 19.9. The van der Waals surface area contributed by atoms with Crippen LogP contribution < -0.4 is 5.32 Å². The normalized spacial score (nSPS) is 46.4. The minimum atomic E-state index is -1.84. The predicted molar refractivity (Wildman–Crippen MR) is 239 cm³/mol. The molecule has 7 rings (SSSR count). The molecular weight excluding hydrogens is 839 g/mol. The summed E-state index contributed by atoms with van der Waals surface area (Å²) in [6, 6.07) is 0. The molecule has 0 aromatic rings. The van der Waals surface area contributed by atoms with Crippen LogP contribution in [-0.2, 0) is 57.0 Å². The number of methoxy groups -OCH3 is 2. The third-order valence-corrected chi connectivity index (χ3v) is 15.5. The van der Waals surface area contributed by atoms with Crippen LogP contribution in [0.5, 0.6) is 0 Å². The van der Waals surface area contributed by atoms with Crippen molar-refractivity contribution in [2.45, 2.75) is 197 Å². The van der Waals surface area contributed by atoms with E-state index in [9.17, 15) is 19.8 Å². The molecule has 15 nitrogen and oxygen atoms in total. The first-order valence-corrected chi connectivity index (χ1v) is 23.8. The van der Waals surface area contributed by atoms with Gasteiger partial charge in [0.2, 0.25) is 6.41 Å². The van der Waals surface area contributed by atoms with Crippen molar-refractivity contribution in [2.24, 2.45) is 23.7 Å². The number of nitrogens with one attached hydrogen (secondary N) is 1. The van der Waals surface area contributed by atoms with Crippen molar-refractivity contribution in [3.63, 3.8) is 0 Å². The van der Waals surface area contributed by atoms with Crippen molar-refractivity contribution < 1.29 is 67.2 Å². The summed E-state index contributed by atoms with van der Waals surface area (Å²) in [7, 11) is 3.26. The maximum absolute atomic E-state index is 14.4. The van der Waals surface area contributed by atoms with Gasteiger partial charge in [-0.2, -0.15) is 0 Å². The van der Waals surface area contributed by atoms with Crippen LogP contribution >= 0.6 is 0 Å². The zero-order chi connectivity index (χ0) is 47.0. The molecule has 1 amide bonds. The van der Waals surface area contributed by atoms with Gasteiger partial charge in [0, 0.05) is 51.7 Å². The molecule has 0 radical (unpaired) electrons. The first kappa shape index (κ1) is 50.1. The predicted octanol–water partition coefficient (Wildman–Crippen LogP) is 5.52. The Morgan fingerprint density at radius 2 is 1.72 bits per heavy atom. The number of amides is 1. The molecule has 1 aliphatic carbocycles. The number of aliphatic hydroxyl groups is 2. The average Bonchev–Trinajstić information content (AvgIpc) is 3.61. The lowest BCUT2D eigenvalue weighted by atomic mass is 9.71. The lowest BCUT2D eigenvalue weighted by Crippen LogP contribution is -2.65. The first-order chi connectivity index (χ1) is 30.9. The molecule has 15 heteroatoms. The molecule has 20 atom stereocenters. The summed E-state index contributed by atoms with van der Waals surface area (Å²) < 4.78 is 64.5. The van der Waals surface area contributed by atoms with Crippen molar-refractivity contribution >= 4 is 12.4 Å². The molecule has 6 aliphatic heterocycles. The Labute approximate surface area is 385 Å². The highest BCUT2D eigenvalue weighted by Gasteiger charge is 2.60. The molecule has 4 saturated heterocycles. The standard InChI is InChI=1S/C50H75NO14/c1-12-27(2)44-30(5)18-19-49(65-44)24-36-21-35(64-49)17-16-29(4)43(28(3)14-13-15-34-25-58-46-42(53)31(6)20-37(47(54)61-36)50(34,46)55)62-40-22-38(56-10)45(32(7)59-40)63-41-23-39(57-11)48(9,51-26-52)33(8)60-41/h13-16,18-20,26-28,30,32-33,35-46,53,55H,12,17,21-25H2,1-11H3,(H,51,52)/t27?,28?,30-,32-,33-,35+,36-,37-,38-,39-,40?,41?,42+,43-,44+,45-,46+,48-,49+,50+/m0/s1. The lowest BCUT2D eigenvalue weighted by Gasteiger charge is -2.49. The quantitative estimate of drug-likeness (QED) is 0.142. The number of hydrogen-bond acceptors (Lipinski definition) is 14. The van der Waals surface area contributed by atoms with Crippen molar-refractivity contribution in [3.8, 4) is 0 Å². The van der Waals surface area contributed by atoms with E-state index in [0.29, 0.717) is 43.2 Å². The van der Waals surface area contributed by atoms with E-state index in [-0.39, 0.29) is 43.0 Å². The molecule has 7 aliphatic rings. The summed E-state index contributed by atoms with van der Waals surface area (Å²) in [4.78, 5) is 25.9. The number of carbonyl (C=O) groups is 2. The van der Waals surface area contributed by atoms with Gasteiger partial charge in [0.1, 0.15) is 35.9 Å². The topological polar surface area (TPSA) is 179 Å². The number of fused-ring (bicyclic) bond motifs is 2. The summed E-state index contributed by atoms with van der Waals surface area (Å²) in [6.45, 7) is 18.1. The second kappa shape index (κ2) is 20.4. The monoisotopic (exact) mass is 914 g/mol. The molecule has 1 spiro atoms. The molecule has 364 valence electrons. The zero-order valence-electron chi connectivity index (χ0n) is 40.2. The van der Waals surface area contributed by atoms with Crippen molar-refractivity contribution in [1.29, 1.82) is 0 Å². The largest absolute Gasteiger partial charge is 0.462 e. The van der Waals surface area contributed by atoms with Crippen LogP contribution in [0.4, 0.5) is 0 Å². The number of aliphatic hydroxyl groups excluding tert-OH is 1. The molecule has 4 unspecified atom stereocenters. The van der Waals surface area contributed by atoms with E-state index in [0.717, 1.165) is 12.0 Å². The Balaban J connectivity index is 1.17. The Morgan fingerprint density at radius 1 is 0.969 bits per heavy atom. The van der Waals surface area contributed by atoms with Gasteiger partial charge in [0.25, 0.3) is 0 Å². The molecule has 6 heterocycles. The van der Waals surface area contributed by atoms with E-state index in [4.69, 9.17) is 47.4 Å². The summed E-state index contributed by atoms with van der Waals surface area (Å²) in [6.07, 6.45) is 9.95. The summed E-state index contributed by atoms with van der Waals surface area (Å²) in [5, 5.41) is 26.7. The Kier molecular flexibility index (Phi) is 15.7. The highest BCUT2D eigenvalue weighted by molar-refractivity contribution is 5.78. The minimum Gasteiger partial charge on any atom is -0.462 e. The third-order valence-electron chi connectivity index (χ3n) is 15.5. The van der Waals surface area contributed by atoms with E-state index < -0.39 is 96.3 Å². The van der Waals surface area contributed by atoms with Crippen LogP contribution in [0.3, 0.4) is 0 Å². The van der Waals surface area contributed by atoms with Crippen LogP contribution in [0.15, 0.2) is 59.3 Å². The summed E-state index contributed by atoms with van der Waals surface area (Å²) in [5.41, 5.74) is -0.623. The summed E-state index contributed by atoms with van der Waals surface area (Å²) in [5.74, 6) is -2.60. The number of hydrogen-bond donors (Lipinski definition) is 3. The summed E-state index contributed by atoms with van der Waals surface area (Å²) >= 11 is 0.